The molecular weight excluding hydrogens is 392 g/mol. The number of rotatable bonds is 7. The van der Waals surface area contributed by atoms with Gasteiger partial charge in [-0.25, -0.2) is 0 Å². The van der Waals surface area contributed by atoms with Gasteiger partial charge in [-0.1, -0.05) is 41.4 Å². The Kier molecular flexibility index (Phi) is 6.69. The van der Waals surface area contributed by atoms with E-state index < -0.39 is 17.7 Å². The summed E-state index contributed by atoms with van der Waals surface area (Å²) >= 11 is 5.92. The molecule has 7 heteroatoms. The molecule has 0 aliphatic carbocycles. The molecule has 0 spiro atoms. The number of hydrogen-bond donors (Lipinski definition) is 3. The van der Waals surface area contributed by atoms with Gasteiger partial charge in [0.15, 0.2) is 0 Å². The number of carbonyl (C=O) groups excluding carboxylic acids is 2. The minimum absolute atomic E-state index is 0.0171. The molecule has 0 bridgehead atoms. The maximum Gasteiger partial charge on any atom is 0.295 e. The molecule has 1 aliphatic rings. The van der Waals surface area contributed by atoms with Gasteiger partial charge in [-0.05, 0) is 36.8 Å². The van der Waals surface area contributed by atoms with E-state index >= 15 is 0 Å². The van der Waals surface area contributed by atoms with E-state index in [1.807, 2.05) is 31.2 Å². The Morgan fingerprint density at radius 1 is 1.07 bits per heavy atom. The van der Waals surface area contributed by atoms with Crippen molar-refractivity contribution in [2.24, 2.45) is 0 Å². The lowest BCUT2D eigenvalue weighted by Gasteiger charge is -2.25. The smallest absolute Gasteiger partial charge is 0.295 e. The van der Waals surface area contributed by atoms with E-state index in [1.165, 1.54) is 4.90 Å². The molecule has 0 radical (unpaired) electrons. The number of likely N-dealkylation sites (tertiary alicyclic amines) is 1. The summed E-state index contributed by atoms with van der Waals surface area (Å²) < 4.78 is 0. The molecule has 1 amide bonds. The van der Waals surface area contributed by atoms with Gasteiger partial charge in [-0.15, -0.1) is 0 Å². The molecule has 2 aromatic carbocycles. The fourth-order valence-corrected chi connectivity index (χ4v) is 3.50. The number of amides is 1. The summed E-state index contributed by atoms with van der Waals surface area (Å²) in [4.78, 5) is 27.1. The molecule has 152 valence electrons. The van der Waals surface area contributed by atoms with Gasteiger partial charge in [0.05, 0.1) is 18.2 Å². The lowest BCUT2D eigenvalue weighted by Crippen LogP contribution is -2.36. The van der Waals surface area contributed by atoms with Crippen LogP contribution in [0.2, 0.25) is 5.02 Å². The normalized spacial score (nSPS) is 18.4. The van der Waals surface area contributed by atoms with Crippen LogP contribution in [0.1, 0.15) is 22.7 Å². The van der Waals surface area contributed by atoms with Crippen molar-refractivity contribution >= 4 is 29.1 Å². The van der Waals surface area contributed by atoms with Gasteiger partial charge in [0, 0.05) is 30.2 Å². The first-order valence-electron chi connectivity index (χ1n) is 9.36. The molecule has 1 fully saturated rings. The highest BCUT2D eigenvalue weighted by Gasteiger charge is 2.45. The average Bonchev–Trinajstić information content (AvgIpc) is 2.96. The third kappa shape index (κ3) is 4.50. The van der Waals surface area contributed by atoms with E-state index in [-0.39, 0.29) is 24.5 Å². The summed E-state index contributed by atoms with van der Waals surface area (Å²) in [6, 6.07) is 13.3. The minimum atomic E-state index is -0.717. The topological polar surface area (TPSA) is 89.9 Å². The van der Waals surface area contributed by atoms with Crippen molar-refractivity contribution in [1.29, 1.82) is 0 Å². The predicted molar refractivity (Wildman–Crippen MR) is 112 cm³/mol. The zero-order chi connectivity index (χ0) is 21.0. The van der Waals surface area contributed by atoms with E-state index in [1.54, 1.807) is 24.3 Å². The first kappa shape index (κ1) is 21.0. The van der Waals surface area contributed by atoms with Crippen LogP contribution in [0, 0.1) is 6.92 Å². The second-order valence-corrected chi connectivity index (χ2v) is 7.32. The van der Waals surface area contributed by atoms with Crippen LogP contribution in [0.25, 0.3) is 5.76 Å². The summed E-state index contributed by atoms with van der Waals surface area (Å²) in [6.07, 6.45) is 0. The van der Waals surface area contributed by atoms with E-state index in [0.29, 0.717) is 23.7 Å². The summed E-state index contributed by atoms with van der Waals surface area (Å²) in [7, 11) is 0. The van der Waals surface area contributed by atoms with Gasteiger partial charge in [-0.3, -0.25) is 9.59 Å². The second kappa shape index (κ2) is 9.22. The van der Waals surface area contributed by atoms with E-state index in [2.05, 4.69) is 5.32 Å². The maximum absolute atomic E-state index is 12.8. The number of benzene rings is 2. The molecule has 29 heavy (non-hydrogen) atoms. The van der Waals surface area contributed by atoms with Crippen LogP contribution >= 0.6 is 11.6 Å². The number of aliphatic hydroxyl groups is 2. The quantitative estimate of drug-likeness (QED) is 0.280. The molecular formula is C22H23ClN2O4. The van der Waals surface area contributed by atoms with E-state index in [4.69, 9.17) is 16.7 Å². The van der Waals surface area contributed by atoms with Gasteiger partial charge in [0.1, 0.15) is 5.76 Å². The van der Waals surface area contributed by atoms with Gasteiger partial charge in [-0.2, -0.15) is 0 Å². The molecule has 1 aliphatic heterocycles. The standard InChI is InChI=1S/C22H23ClN2O4/c1-14-2-4-15(5-3-14)19-18(20(27)16-6-8-17(23)9-7-16)21(28)22(29)25(19)12-10-24-11-13-26/h2-9,19,24,26-27H,10-13H2,1H3/t19-/m0/s1. The molecule has 6 nitrogen and oxygen atoms in total. The molecule has 1 atom stereocenters. The zero-order valence-electron chi connectivity index (χ0n) is 16.1. The first-order chi connectivity index (χ1) is 13.9. The van der Waals surface area contributed by atoms with Crippen molar-refractivity contribution in [1.82, 2.24) is 10.2 Å². The van der Waals surface area contributed by atoms with Crippen LogP contribution in [0.5, 0.6) is 0 Å². The summed E-state index contributed by atoms with van der Waals surface area (Å²) in [6.45, 7) is 3.01. The lowest BCUT2D eigenvalue weighted by atomic mass is 9.95. The van der Waals surface area contributed by atoms with Crippen molar-refractivity contribution in [3.05, 3.63) is 75.8 Å². The number of aryl methyl sites for hydroxylation is 1. The molecule has 0 unspecified atom stereocenters. The highest BCUT2D eigenvalue weighted by atomic mass is 35.5. The van der Waals surface area contributed by atoms with Gasteiger partial charge in [0.2, 0.25) is 0 Å². The fraction of sp³-hybridized carbons (Fsp3) is 0.273. The number of aliphatic hydroxyl groups excluding tert-OH is 2. The largest absolute Gasteiger partial charge is 0.507 e. The van der Waals surface area contributed by atoms with Crippen LogP contribution < -0.4 is 5.32 Å². The highest BCUT2D eigenvalue weighted by molar-refractivity contribution is 6.46. The van der Waals surface area contributed by atoms with Crippen LogP contribution in [0.15, 0.2) is 54.1 Å². The van der Waals surface area contributed by atoms with Crippen molar-refractivity contribution in [3.8, 4) is 0 Å². The number of ketones is 1. The average molecular weight is 415 g/mol. The Hall–Kier alpha value is -2.67. The Balaban J connectivity index is 2.05. The molecule has 1 heterocycles. The van der Waals surface area contributed by atoms with Gasteiger partial charge >= 0.3 is 0 Å². The van der Waals surface area contributed by atoms with Gasteiger partial charge < -0.3 is 20.4 Å². The third-order valence-corrected chi connectivity index (χ3v) is 5.12. The SMILES string of the molecule is Cc1ccc([C@H]2C(=C(O)c3ccc(Cl)cc3)C(=O)C(=O)N2CCNCCO)cc1. The van der Waals surface area contributed by atoms with Gasteiger partial charge in [0.25, 0.3) is 11.7 Å². The van der Waals surface area contributed by atoms with Crippen LogP contribution in [0.4, 0.5) is 0 Å². The number of halogens is 1. The summed E-state index contributed by atoms with van der Waals surface area (Å²) in [5.41, 5.74) is 2.27. The predicted octanol–water partition coefficient (Wildman–Crippen LogP) is 2.65. The maximum atomic E-state index is 12.8. The first-order valence-corrected chi connectivity index (χ1v) is 9.74. The Labute approximate surface area is 174 Å². The molecule has 1 saturated heterocycles. The Morgan fingerprint density at radius 2 is 1.72 bits per heavy atom. The second-order valence-electron chi connectivity index (χ2n) is 6.88. The van der Waals surface area contributed by atoms with E-state index in [0.717, 1.165) is 11.1 Å². The summed E-state index contributed by atoms with van der Waals surface area (Å²) in [5, 5.41) is 23.3. The molecule has 2 aromatic rings. The fourth-order valence-electron chi connectivity index (χ4n) is 3.37. The number of nitrogens with one attached hydrogen (secondary N) is 1. The van der Waals surface area contributed by atoms with Crippen molar-refractivity contribution < 1.29 is 19.8 Å². The van der Waals surface area contributed by atoms with Crippen molar-refractivity contribution in [3.63, 3.8) is 0 Å². The Morgan fingerprint density at radius 3 is 2.34 bits per heavy atom. The van der Waals surface area contributed by atoms with Crippen LogP contribution in [-0.2, 0) is 9.59 Å². The number of carbonyl (C=O) groups is 2. The molecule has 3 N–H and O–H groups in total. The number of hydrogen-bond acceptors (Lipinski definition) is 5. The van der Waals surface area contributed by atoms with Crippen molar-refractivity contribution in [2.45, 2.75) is 13.0 Å². The monoisotopic (exact) mass is 414 g/mol. The minimum Gasteiger partial charge on any atom is -0.507 e. The highest BCUT2D eigenvalue weighted by Crippen LogP contribution is 2.39. The molecule has 0 saturated carbocycles. The molecule has 0 aromatic heterocycles. The summed E-state index contributed by atoms with van der Waals surface area (Å²) in [5.74, 6) is -1.60. The molecule has 3 rings (SSSR count). The Bertz CT molecular complexity index is 923. The van der Waals surface area contributed by atoms with E-state index in [9.17, 15) is 14.7 Å². The third-order valence-electron chi connectivity index (χ3n) is 4.87. The van der Waals surface area contributed by atoms with Crippen LogP contribution in [-0.4, -0.2) is 53.0 Å². The zero-order valence-corrected chi connectivity index (χ0v) is 16.8. The lowest BCUT2D eigenvalue weighted by molar-refractivity contribution is -0.139. The number of Topliss-reactive ketones (excluding diaryl/α,β-unsaturated/α-hetero) is 1. The van der Waals surface area contributed by atoms with Crippen LogP contribution in [0.3, 0.4) is 0 Å². The van der Waals surface area contributed by atoms with Crippen molar-refractivity contribution in [2.75, 3.05) is 26.2 Å². The number of nitrogens with zero attached hydrogens (tertiary/aromatic N) is 1.